The lowest BCUT2D eigenvalue weighted by molar-refractivity contribution is 0.251. The van der Waals surface area contributed by atoms with E-state index in [1.807, 2.05) is 29.2 Å². The molecule has 0 aliphatic heterocycles. The van der Waals surface area contributed by atoms with Crippen LogP contribution in [0.5, 0.6) is 0 Å². The predicted molar refractivity (Wildman–Crippen MR) is 87.1 cm³/mol. The number of rotatable bonds is 6. The van der Waals surface area contributed by atoms with Crippen molar-refractivity contribution in [2.75, 3.05) is 18.1 Å². The van der Waals surface area contributed by atoms with E-state index in [-0.39, 0.29) is 6.03 Å². The molecule has 0 bridgehead atoms. The van der Waals surface area contributed by atoms with Crippen molar-refractivity contribution in [2.24, 2.45) is 0 Å². The maximum absolute atomic E-state index is 11.9. The first-order valence-electron chi connectivity index (χ1n) is 6.53. The largest absolute Gasteiger partial charge is 0.338 e. The van der Waals surface area contributed by atoms with E-state index >= 15 is 0 Å². The minimum absolute atomic E-state index is 0.224. The third-order valence-electron chi connectivity index (χ3n) is 2.85. The minimum atomic E-state index is -0.224. The van der Waals surface area contributed by atoms with Gasteiger partial charge >= 0.3 is 6.03 Å². The van der Waals surface area contributed by atoms with Gasteiger partial charge < -0.3 is 15.2 Å². The summed E-state index contributed by atoms with van der Waals surface area (Å²) < 4.78 is 1.97. The lowest BCUT2D eigenvalue weighted by Crippen LogP contribution is -2.30. The van der Waals surface area contributed by atoms with E-state index in [0.29, 0.717) is 11.6 Å². The quantitative estimate of drug-likeness (QED) is 0.632. The van der Waals surface area contributed by atoms with Crippen LogP contribution in [0.15, 0.2) is 41.8 Å². The second-order valence-corrected chi connectivity index (χ2v) is 5.66. The summed E-state index contributed by atoms with van der Waals surface area (Å²) in [6.07, 6.45) is 8.20. The molecule has 0 unspecified atom stereocenters. The van der Waals surface area contributed by atoms with E-state index in [2.05, 4.69) is 15.6 Å². The van der Waals surface area contributed by atoms with Crippen LogP contribution in [0.4, 0.5) is 10.5 Å². The first kappa shape index (κ1) is 15.7. The van der Waals surface area contributed by atoms with Crippen molar-refractivity contribution in [3.05, 3.63) is 41.9 Å². The van der Waals surface area contributed by atoms with Gasteiger partial charge in [0.25, 0.3) is 0 Å². The Balaban J connectivity index is 1.77. The SMILES string of the molecule is CSc1ccc(Cl)cc1NC(=O)NCCCn1ccnc1. The summed E-state index contributed by atoms with van der Waals surface area (Å²) in [6, 6.07) is 5.22. The Bertz CT molecular complexity index is 589. The fourth-order valence-corrected chi connectivity index (χ4v) is 2.53. The molecule has 2 rings (SSSR count). The van der Waals surface area contributed by atoms with Gasteiger partial charge in [0.1, 0.15) is 0 Å². The molecule has 1 aromatic heterocycles. The maximum atomic E-state index is 11.9. The summed E-state index contributed by atoms with van der Waals surface area (Å²) in [4.78, 5) is 16.8. The van der Waals surface area contributed by atoms with E-state index in [0.717, 1.165) is 23.5 Å². The summed E-state index contributed by atoms with van der Waals surface area (Å²) in [5.74, 6) is 0. The smallest absolute Gasteiger partial charge is 0.319 e. The summed E-state index contributed by atoms with van der Waals surface area (Å²) in [5, 5.41) is 6.25. The van der Waals surface area contributed by atoms with E-state index < -0.39 is 0 Å². The van der Waals surface area contributed by atoms with Crippen LogP contribution in [0.25, 0.3) is 0 Å². The number of benzene rings is 1. The minimum Gasteiger partial charge on any atom is -0.338 e. The molecular weight excluding hydrogens is 308 g/mol. The number of carbonyl (C=O) groups is 1. The predicted octanol–water partition coefficient (Wildman–Crippen LogP) is 3.47. The van der Waals surface area contributed by atoms with E-state index in [9.17, 15) is 4.79 Å². The highest BCUT2D eigenvalue weighted by molar-refractivity contribution is 7.98. The Morgan fingerprint density at radius 2 is 2.33 bits per heavy atom. The molecule has 112 valence electrons. The van der Waals surface area contributed by atoms with Gasteiger partial charge in [-0.2, -0.15) is 0 Å². The number of hydrogen-bond donors (Lipinski definition) is 2. The van der Waals surface area contributed by atoms with Crippen molar-refractivity contribution in [1.82, 2.24) is 14.9 Å². The summed E-state index contributed by atoms with van der Waals surface area (Å²) in [6.45, 7) is 1.42. The fourth-order valence-electron chi connectivity index (χ4n) is 1.83. The molecule has 0 atom stereocenters. The van der Waals surface area contributed by atoms with Gasteiger partial charge in [-0.15, -0.1) is 11.8 Å². The lowest BCUT2D eigenvalue weighted by atomic mass is 10.3. The van der Waals surface area contributed by atoms with Crippen molar-refractivity contribution in [1.29, 1.82) is 0 Å². The van der Waals surface area contributed by atoms with Gasteiger partial charge in [0.15, 0.2) is 0 Å². The number of aryl methyl sites for hydroxylation is 1. The van der Waals surface area contributed by atoms with Crippen LogP contribution in [-0.4, -0.2) is 28.4 Å². The summed E-state index contributed by atoms with van der Waals surface area (Å²) in [7, 11) is 0. The highest BCUT2D eigenvalue weighted by Gasteiger charge is 2.06. The average Bonchev–Trinajstić information content (AvgIpc) is 2.97. The number of nitrogens with one attached hydrogen (secondary N) is 2. The van der Waals surface area contributed by atoms with Crippen molar-refractivity contribution in [3.8, 4) is 0 Å². The fraction of sp³-hybridized carbons (Fsp3) is 0.286. The monoisotopic (exact) mass is 324 g/mol. The average molecular weight is 325 g/mol. The van der Waals surface area contributed by atoms with Crippen LogP contribution in [0.2, 0.25) is 5.02 Å². The van der Waals surface area contributed by atoms with Gasteiger partial charge in [-0.25, -0.2) is 9.78 Å². The van der Waals surface area contributed by atoms with Crippen LogP contribution in [0.1, 0.15) is 6.42 Å². The molecule has 0 spiro atoms. The van der Waals surface area contributed by atoms with E-state index in [1.54, 1.807) is 30.4 Å². The number of halogens is 1. The molecule has 0 saturated heterocycles. The Labute approximate surface area is 133 Å². The van der Waals surface area contributed by atoms with Gasteiger partial charge in [0.05, 0.1) is 12.0 Å². The van der Waals surface area contributed by atoms with Crippen LogP contribution in [0.3, 0.4) is 0 Å². The first-order valence-corrected chi connectivity index (χ1v) is 8.13. The number of anilines is 1. The molecule has 7 heteroatoms. The first-order chi connectivity index (χ1) is 10.2. The molecule has 2 aromatic rings. The molecule has 0 saturated carbocycles. The number of carbonyl (C=O) groups excluding carboxylic acids is 1. The van der Waals surface area contributed by atoms with Crippen LogP contribution in [-0.2, 0) is 6.54 Å². The number of thioether (sulfide) groups is 1. The standard InChI is InChI=1S/C14H17ClN4OS/c1-21-13-4-3-11(15)9-12(13)18-14(20)17-5-2-7-19-8-6-16-10-19/h3-4,6,8-10H,2,5,7H2,1H3,(H2,17,18,20). The zero-order valence-electron chi connectivity index (χ0n) is 11.7. The molecule has 0 aliphatic rings. The van der Waals surface area contributed by atoms with Crippen molar-refractivity contribution in [2.45, 2.75) is 17.9 Å². The molecule has 5 nitrogen and oxygen atoms in total. The van der Waals surface area contributed by atoms with Crippen LogP contribution >= 0.6 is 23.4 Å². The molecule has 1 aromatic carbocycles. The van der Waals surface area contributed by atoms with Gasteiger partial charge in [-0.1, -0.05) is 11.6 Å². The number of aromatic nitrogens is 2. The summed E-state index contributed by atoms with van der Waals surface area (Å²) >= 11 is 7.51. The Morgan fingerprint density at radius 1 is 1.48 bits per heavy atom. The van der Waals surface area contributed by atoms with Crippen molar-refractivity contribution >= 4 is 35.1 Å². The molecule has 0 aliphatic carbocycles. The van der Waals surface area contributed by atoms with Gasteiger partial charge in [-0.3, -0.25) is 0 Å². The van der Waals surface area contributed by atoms with Crippen molar-refractivity contribution in [3.63, 3.8) is 0 Å². The topological polar surface area (TPSA) is 59.0 Å². The molecule has 0 radical (unpaired) electrons. The highest BCUT2D eigenvalue weighted by atomic mass is 35.5. The zero-order chi connectivity index (χ0) is 15.1. The number of nitrogens with zero attached hydrogens (tertiary/aromatic N) is 2. The highest BCUT2D eigenvalue weighted by Crippen LogP contribution is 2.28. The van der Waals surface area contributed by atoms with Crippen molar-refractivity contribution < 1.29 is 4.79 Å². The molecule has 1 heterocycles. The molecule has 0 fully saturated rings. The number of hydrogen-bond acceptors (Lipinski definition) is 3. The third kappa shape index (κ3) is 4.99. The second kappa shape index (κ2) is 7.95. The summed E-state index contributed by atoms with van der Waals surface area (Å²) in [5.41, 5.74) is 0.724. The Hall–Kier alpha value is -1.66. The normalized spacial score (nSPS) is 10.4. The zero-order valence-corrected chi connectivity index (χ0v) is 13.2. The number of amides is 2. The molecule has 2 amide bonds. The Morgan fingerprint density at radius 3 is 3.05 bits per heavy atom. The Kier molecular flexibility index (Phi) is 5.95. The van der Waals surface area contributed by atoms with Gasteiger partial charge in [0, 0.05) is 35.4 Å². The lowest BCUT2D eigenvalue weighted by Gasteiger charge is -2.11. The van der Waals surface area contributed by atoms with Crippen LogP contribution < -0.4 is 10.6 Å². The van der Waals surface area contributed by atoms with Gasteiger partial charge in [-0.05, 0) is 30.9 Å². The molecular formula is C14H17ClN4OS. The molecule has 21 heavy (non-hydrogen) atoms. The van der Waals surface area contributed by atoms with E-state index in [1.165, 1.54) is 0 Å². The third-order valence-corrected chi connectivity index (χ3v) is 3.88. The second-order valence-electron chi connectivity index (χ2n) is 4.38. The number of imidazole rings is 1. The van der Waals surface area contributed by atoms with E-state index in [4.69, 9.17) is 11.6 Å². The van der Waals surface area contributed by atoms with Gasteiger partial charge in [0.2, 0.25) is 0 Å². The number of urea groups is 1. The molecule has 2 N–H and O–H groups in total. The maximum Gasteiger partial charge on any atom is 0.319 e. The van der Waals surface area contributed by atoms with Crippen LogP contribution in [0, 0.1) is 0 Å².